The molecule has 24 heavy (non-hydrogen) atoms. The van der Waals surface area contributed by atoms with Gasteiger partial charge >= 0.3 is 0 Å². The lowest BCUT2D eigenvalue weighted by Gasteiger charge is -1.95. The van der Waals surface area contributed by atoms with Crippen LogP contribution in [0.25, 0.3) is 22.1 Å². The van der Waals surface area contributed by atoms with Gasteiger partial charge in [-0.2, -0.15) is 0 Å². The minimum absolute atomic E-state index is 0.271. The molecule has 0 bridgehead atoms. The van der Waals surface area contributed by atoms with Crippen molar-refractivity contribution in [3.05, 3.63) is 70.7 Å². The van der Waals surface area contributed by atoms with E-state index in [4.69, 9.17) is 23.2 Å². The van der Waals surface area contributed by atoms with Gasteiger partial charge in [0.05, 0.1) is 34.5 Å². The van der Waals surface area contributed by atoms with Gasteiger partial charge in [-0.15, -0.1) is 0 Å². The van der Waals surface area contributed by atoms with Crippen molar-refractivity contribution >= 4 is 45.3 Å². The van der Waals surface area contributed by atoms with Crippen LogP contribution in [-0.2, 0) is 0 Å². The average Bonchev–Trinajstić information content (AvgIpc) is 2.55. The molecular formula is C16H8Cl2F2N4. The van der Waals surface area contributed by atoms with E-state index in [0.717, 1.165) is 0 Å². The smallest absolute Gasteiger partial charge is 0.148 e. The fraction of sp³-hybridized carbons (Fsp3) is 0. The summed E-state index contributed by atoms with van der Waals surface area (Å²) < 4.78 is 25.3. The van der Waals surface area contributed by atoms with E-state index in [2.05, 4.69) is 19.9 Å². The molecule has 0 fully saturated rings. The van der Waals surface area contributed by atoms with Crippen molar-refractivity contribution < 1.29 is 8.78 Å². The molecule has 0 N–H and O–H groups in total. The maximum Gasteiger partial charge on any atom is 0.148 e. The lowest BCUT2D eigenvalue weighted by Crippen LogP contribution is -1.84. The van der Waals surface area contributed by atoms with Crippen LogP contribution >= 0.6 is 23.2 Å². The zero-order valence-corrected chi connectivity index (χ0v) is 13.4. The molecule has 0 saturated heterocycles. The Morgan fingerprint density at radius 1 is 0.625 bits per heavy atom. The van der Waals surface area contributed by atoms with Gasteiger partial charge in [-0.3, -0.25) is 9.97 Å². The van der Waals surface area contributed by atoms with Crippen LogP contribution in [0.1, 0.15) is 0 Å². The molecule has 4 aromatic rings. The van der Waals surface area contributed by atoms with Gasteiger partial charge in [0.1, 0.15) is 21.9 Å². The van der Waals surface area contributed by atoms with E-state index in [1.165, 1.54) is 36.7 Å². The summed E-state index contributed by atoms with van der Waals surface area (Å²) in [5.74, 6) is -0.654. The second kappa shape index (κ2) is 6.98. The van der Waals surface area contributed by atoms with Gasteiger partial charge in [-0.05, 0) is 24.3 Å². The van der Waals surface area contributed by atoms with Gasteiger partial charge in [0, 0.05) is 12.1 Å². The van der Waals surface area contributed by atoms with Gasteiger partial charge in [-0.1, -0.05) is 23.2 Å². The minimum Gasteiger partial charge on any atom is -0.251 e. The van der Waals surface area contributed by atoms with E-state index < -0.39 is 0 Å². The third-order valence-corrected chi connectivity index (χ3v) is 3.31. The monoisotopic (exact) mass is 364 g/mol. The standard InChI is InChI=1S/2C8H4ClFN2/c9-8-4-11-7-3-5(10)1-2-6(7)12-8;9-8-4-11-6-2-1-5(10)3-7(6)12-8/h2*1-4H. The number of rotatable bonds is 0. The molecule has 0 unspecified atom stereocenters. The molecule has 4 rings (SSSR count). The van der Waals surface area contributed by atoms with E-state index in [0.29, 0.717) is 27.2 Å². The van der Waals surface area contributed by atoms with Crippen molar-refractivity contribution in [2.24, 2.45) is 0 Å². The van der Waals surface area contributed by atoms with Gasteiger partial charge in [0.15, 0.2) is 0 Å². The Morgan fingerprint density at radius 2 is 1.12 bits per heavy atom. The lowest BCUT2D eigenvalue weighted by atomic mass is 10.3. The fourth-order valence-electron chi connectivity index (χ4n) is 1.92. The summed E-state index contributed by atoms with van der Waals surface area (Å²) in [5.41, 5.74) is 2.23. The molecule has 0 amide bonds. The van der Waals surface area contributed by atoms with Gasteiger partial charge in [-0.25, -0.2) is 18.7 Å². The van der Waals surface area contributed by atoms with E-state index in [9.17, 15) is 8.78 Å². The highest BCUT2D eigenvalue weighted by molar-refractivity contribution is 6.29. The maximum absolute atomic E-state index is 12.7. The van der Waals surface area contributed by atoms with Crippen molar-refractivity contribution in [3.8, 4) is 0 Å². The molecule has 0 aliphatic carbocycles. The topological polar surface area (TPSA) is 51.6 Å². The summed E-state index contributed by atoms with van der Waals surface area (Å²) in [4.78, 5) is 15.7. The number of fused-ring (bicyclic) bond motifs is 2. The molecule has 2 aromatic heterocycles. The number of hydrogen-bond donors (Lipinski definition) is 0. The summed E-state index contributed by atoms with van der Waals surface area (Å²) in [6, 6.07) is 8.39. The van der Waals surface area contributed by atoms with E-state index in [-0.39, 0.29) is 16.8 Å². The molecule has 120 valence electrons. The molecule has 0 saturated carbocycles. The van der Waals surface area contributed by atoms with Crippen LogP contribution < -0.4 is 0 Å². The van der Waals surface area contributed by atoms with Crippen LogP contribution in [0.3, 0.4) is 0 Å². The Kier molecular flexibility index (Phi) is 4.78. The summed E-state index contributed by atoms with van der Waals surface area (Å²) in [5, 5.41) is 0.585. The molecule has 2 aromatic carbocycles. The summed E-state index contributed by atoms with van der Waals surface area (Å²) in [6.07, 6.45) is 2.82. The minimum atomic E-state index is -0.334. The Labute approximate surface area is 145 Å². The first-order valence-electron chi connectivity index (χ1n) is 6.67. The van der Waals surface area contributed by atoms with Crippen LogP contribution in [0, 0.1) is 11.6 Å². The molecule has 0 spiro atoms. The normalized spacial score (nSPS) is 10.5. The van der Waals surface area contributed by atoms with Crippen molar-refractivity contribution in [3.63, 3.8) is 0 Å². The Balaban J connectivity index is 0.000000141. The zero-order chi connectivity index (χ0) is 17.1. The summed E-state index contributed by atoms with van der Waals surface area (Å²) in [6.45, 7) is 0. The van der Waals surface area contributed by atoms with E-state index in [1.807, 2.05) is 0 Å². The van der Waals surface area contributed by atoms with Crippen molar-refractivity contribution in [2.45, 2.75) is 0 Å². The first kappa shape index (κ1) is 16.4. The number of aromatic nitrogens is 4. The SMILES string of the molecule is Fc1ccc2nc(Cl)cnc2c1.Fc1ccc2ncc(Cl)nc2c1. The molecular weight excluding hydrogens is 357 g/mol. The molecule has 8 heteroatoms. The zero-order valence-electron chi connectivity index (χ0n) is 11.9. The Hall–Kier alpha value is -2.44. The molecule has 4 nitrogen and oxygen atoms in total. The molecule has 0 atom stereocenters. The predicted octanol–water partition coefficient (Wildman–Crippen LogP) is 4.84. The number of benzene rings is 2. The highest BCUT2D eigenvalue weighted by Gasteiger charge is 1.99. The van der Waals surface area contributed by atoms with Crippen molar-refractivity contribution in [2.75, 3.05) is 0 Å². The van der Waals surface area contributed by atoms with Crippen LogP contribution in [0.2, 0.25) is 10.3 Å². The first-order valence-corrected chi connectivity index (χ1v) is 7.42. The maximum atomic E-state index is 12.7. The lowest BCUT2D eigenvalue weighted by molar-refractivity contribution is 0.629. The first-order chi connectivity index (χ1) is 11.5. The van der Waals surface area contributed by atoms with Crippen molar-refractivity contribution in [1.29, 1.82) is 0 Å². The highest BCUT2D eigenvalue weighted by Crippen LogP contribution is 2.14. The van der Waals surface area contributed by atoms with E-state index in [1.54, 1.807) is 12.1 Å². The summed E-state index contributed by atoms with van der Waals surface area (Å²) in [7, 11) is 0. The predicted molar refractivity (Wildman–Crippen MR) is 89.0 cm³/mol. The average molecular weight is 365 g/mol. The second-order valence-corrected chi connectivity index (χ2v) is 5.43. The van der Waals surface area contributed by atoms with Gasteiger partial charge in [0.25, 0.3) is 0 Å². The van der Waals surface area contributed by atoms with Crippen molar-refractivity contribution in [1.82, 2.24) is 19.9 Å². The molecule has 2 heterocycles. The molecule has 0 aliphatic rings. The fourth-order valence-corrected chi connectivity index (χ4v) is 2.20. The van der Waals surface area contributed by atoms with E-state index >= 15 is 0 Å². The third kappa shape index (κ3) is 3.90. The number of hydrogen-bond acceptors (Lipinski definition) is 4. The van der Waals surface area contributed by atoms with Crippen LogP contribution in [0.5, 0.6) is 0 Å². The Morgan fingerprint density at radius 3 is 1.79 bits per heavy atom. The van der Waals surface area contributed by atoms with Crippen LogP contribution in [0.4, 0.5) is 8.78 Å². The largest absolute Gasteiger partial charge is 0.251 e. The molecule has 0 radical (unpaired) electrons. The quantitative estimate of drug-likeness (QED) is 0.447. The number of halogens is 4. The van der Waals surface area contributed by atoms with Gasteiger partial charge < -0.3 is 0 Å². The van der Waals surface area contributed by atoms with Crippen LogP contribution in [-0.4, -0.2) is 19.9 Å². The summed E-state index contributed by atoms with van der Waals surface area (Å²) >= 11 is 11.2. The third-order valence-electron chi connectivity index (χ3n) is 2.95. The highest BCUT2D eigenvalue weighted by atomic mass is 35.5. The molecule has 0 aliphatic heterocycles. The Bertz CT molecular complexity index is 949. The van der Waals surface area contributed by atoms with Crippen LogP contribution in [0.15, 0.2) is 48.8 Å². The number of nitrogens with zero attached hydrogens (tertiary/aromatic N) is 4. The second-order valence-electron chi connectivity index (χ2n) is 4.65. The van der Waals surface area contributed by atoms with Gasteiger partial charge in [0.2, 0.25) is 0 Å².